The molecule has 1 N–H and O–H groups in total. The summed E-state index contributed by atoms with van der Waals surface area (Å²) in [5.74, 6) is 0.441. The summed E-state index contributed by atoms with van der Waals surface area (Å²) in [5.41, 5.74) is 1.04. The van der Waals surface area contributed by atoms with Crippen LogP contribution >= 0.6 is 0 Å². The third kappa shape index (κ3) is 3.59. The lowest BCUT2D eigenvalue weighted by Crippen LogP contribution is -2.37. The van der Waals surface area contributed by atoms with E-state index in [-0.39, 0.29) is 29.9 Å². The fourth-order valence-corrected chi connectivity index (χ4v) is 3.89. The van der Waals surface area contributed by atoms with Crippen LogP contribution in [0.25, 0.3) is 21.9 Å². The van der Waals surface area contributed by atoms with Gasteiger partial charge in [0.1, 0.15) is 11.4 Å². The third-order valence-electron chi connectivity index (χ3n) is 5.37. The molecule has 3 heterocycles. The average Bonchev–Trinajstić information content (AvgIpc) is 3.42. The number of H-pyrrole nitrogens is 1. The maximum atomic E-state index is 13.3. The number of ether oxygens (including phenoxy) is 1. The van der Waals surface area contributed by atoms with Gasteiger partial charge in [-0.05, 0) is 37.1 Å². The maximum absolute atomic E-state index is 13.3. The van der Waals surface area contributed by atoms with Gasteiger partial charge >= 0.3 is 0 Å². The van der Waals surface area contributed by atoms with Crippen LogP contribution in [0.1, 0.15) is 29.2 Å². The molecule has 2 aromatic carbocycles. The van der Waals surface area contributed by atoms with E-state index in [1.165, 1.54) is 0 Å². The van der Waals surface area contributed by atoms with Crippen molar-refractivity contribution in [3.8, 4) is 0 Å². The van der Waals surface area contributed by atoms with Gasteiger partial charge in [-0.2, -0.15) is 0 Å². The van der Waals surface area contributed by atoms with E-state index in [4.69, 9.17) is 9.15 Å². The first-order valence-corrected chi connectivity index (χ1v) is 10.0. The number of para-hydroxylation sites is 2. The van der Waals surface area contributed by atoms with Crippen molar-refractivity contribution in [2.75, 3.05) is 13.2 Å². The van der Waals surface area contributed by atoms with Crippen LogP contribution in [0.4, 0.5) is 0 Å². The molecule has 1 fully saturated rings. The predicted molar refractivity (Wildman–Crippen MR) is 112 cm³/mol. The number of nitrogens with one attached hydrogen (secondary N) is 1. The molecule has 1 atom stereocenters. The third-order valence-corrected chi connectivity index (χ3v) is 5.37. The Morgan fingerprint density at radius 2 is 2.00 bits per heavy atom. The number of rotatable bonds is 5. The maximum Gasteiger partial charge on any atom is 0.290 e. The van der Waals surface area contributed by atoms with E-state index >= 15 is 0 Å². The van der Waals surface area contributed by atoms with Crippen molar-refractivity contribution in [1.82, 2.24) is 14.9 Å². The van der Waals surface area contributed by atoms with Crippen LogP contribution in [-0.2, 0) is 11.3 Å². The number of fused-ring (bicyclic) bond motifs is 2. The Morgan fingerprint density at radius 1 is 1.17 bits per heavy atom. The van der Waals surface area contributed by atoms with Gasteiger partial charge < -0.3 is 19.0 Å². The summed E-state index contributed by atoms with van der Waals surface area (Å²) in [4.78, 5) is 34.7. The fraction of sp³-hybridized carbons (Fsp3) is 0.261. The Labute approximate surface area is 172 Å². The van der Waals surface area contributed by atoms with E-state index in [9.17, 15) is 9.59 Å². The van der Waals surface area contributed by atoms with Crippen molar-refractivity contribution in [2.24, 2.45) is 0 Å². The highest BCUT2D eigenvalue weighted by atomic mass is 16.5. The molecule has 1 aliphatic rings. The monoisotopic (exact) mass is 403 g/mol. The number of carbonyl (C=O) groups excluding carboxylic acids is 1. The van der Waals surface area contributed by atoms with Crippen LogP contribution in [0.5, 0.6) is 0 Å². The zero-order valence-electron chi connectivity index (χ0n) is 16.3. The van der Waals surface area contributed by atoms with Crippen LogP contribution in [0.15, 0.2) is 63.8 Å². The van der Waals surface area contributed by atoms with Gasteiger partial charge in [-0.3, -0.25) is 9.59 Å². The van der Waals surface area contributed by atoms with E-state index in [0.29, 0.717) is 35.5 Å². The fourth-order valence-electron chi connectivity index (χ4n) is 3.89. The molecular weight excluding hydrogens is 382 g/mol. The molecule has 5 rings (SSSR count). The minimum Gasteiger partial charge on any atom is -0.451 e. The van der Waals surface area contributed by atoms with E-state index in [1.807, 2.05) is 30.3 Å². The molecule has 0 radical (unpaired) electrons. The highest BCUT2D eigenvalue weighted by molar-refractivity contribution is 5.96. The SMILES string of the molecule is O=C(c1cc2ccccc2o1)N(Cc1nc2ccccc2c(=O)[nH]1)C[C@H]1CCCO1. The molecule has 2 aromatic heterocycles. The molecule has 1 amide bonds. The standard InChI is InChI=1S/C23H21N3O4/c27-22-17-8-2-3-9-18(17)24-21(25-22)14-26(13-16-7-5-11-29-16)23(28)20-12-15-6-1-4-10-19(15)30-20/h1-4,6,8-10,12,16H,5,7,11,13-14H2,(H,24,25,27)/t16-/m1/s1. The van der Waals surface area contributed by atoms with Crippen molar-refractivity contribution in [3.05, 3.63) is 76.5 Å². The predicted octanol–water partition coefficient (Wildman–Crippen LogP) is 3.49. The number of nitrogens with zero attached hydrogens (tertiary/aromatic N) is 2. The summed E-state index contributed by atoms with van der Waals surface area (Å²) >= 11 is 0. The summed E-state index contributed by atoms with van der Waals surface area (Å²) < 4.78 is 11.5. The molecule has 152 valence electrons. The zero-order chi connectivity index (χ0) is 20.5. The normalized spacial score (nSPS) is 16.3. The molecule has 0 bridgehead atoms. The summed E-state index contributed by atoms with van der Waals surface area (Å²) in [5, 5.41) is 1.39. The smallest absolute Gasteiger partial charge is 0.290 e. The largest absolute Gasteiger partial charge is 0.451 e. The summed E-state index contributed by atoms with van der Waals surface area (Å²) in [6.07, 6.45) is 1.83. The number of carbonyl (C=O) groups is 1. The van der Waals surface area contributed by atoms with E-state index in [1.54, 1.807) is 29.2 Å². The summed E-state index contributed by atoms with van der Waals surface area (Å²) in [6.45, 7) is 1.27. The van der Waals surface area contributed by atoms with Gasteiger partial charge in [-0.15, -0.1) is 0 Å². The molecule has 0 aliphatic carbocycles. The molecule has 0 saturated carbocycles. The Kier molecular flexibility index (Phi) is 4.80. The van der Waals surface area contributed by atoms with Crippen LogP contribution in [0.3, 0.4) is 0 Å². The highest BCUT2D eigenvalue weighted by Gasteiger charge is 2.26. The number of aromatic nitrogens is 2. The molecular formula is C23H21N3O4. The van der Waals surface area contributed by atoms with Gasteiger partial charge in [0.15, 0.2) is 5.76 Å². The number of hydrogen-bond donors (Lipinski definition) is 1. The van der Waals surface area contributed by atoms with Crippen molar-refractivity contribution < 1.29 is 13.9 Å². The lowest BCUT2D eigenvalue weighted by molar-refractivity contribution is 0.0479. The van der Waals surface area contributed by atoms with Crippen molar-refractivity contribution >= 4 is 27.8 Å². The van der Waals surface area contributed by atoms with Gasteiger partial charge in [-0.25, -0.2) is 4.98 Å². The number of benzene rings is 2. The lowest BCUT2D eigenvalue weighted by atomic mass is 10.2. The average molecular weight is 403 g/mol. The van der Waals surface area contributed by atoms with E-state index < -0.39 is 0 Å². The first-order valence-electron chi connectivity index (χ1n) is 10.0. The Morgan fingerprint density at radius 3 is 2.83 bits per heavy atom. The van der Waals surface area contributed by atoms with Crippen molar-refractivity contribution in [3.63, 3.8) is 0 Å². The molecule has 7 heteroatoms. The van der Waals surface area contributed by atoms with Gasteiger partial charge in [-0.1, -0.05) is 30.3 Å². The molecule has 0 spiro atoms. The summed E-state index contributed by atoms with van der Waals surface area (Å²) in [7, 11) is 0. The molecule has 1 aliphatic heterocycles. The second-order valence-electron chi connectivity index (χ2n) is 7.50. The zero-order valence-corrected chi connectivity index (χ0v) is 16.3. The first kappa shape index (κ1) is 18.6. The van der Waals surface area contributed by atoms with Crippen LogP contribution in [0.2, 0.25) is 0 Å². The van der Waals surface area contributed by atoms with Gasteiger partial charge in [0.05, 0.1) is 23.6 Å². The number of furan rings is 1. The highest BCUT2D eigenvalue weighted by Crippen LogP contribution is 2.22. The summed E-state index contributed by atoms with van der Waals surface area (Å²) in [6, 6.07) is 16.4. The molecule has 4 aromatic rings. The van der Waals surface area contributed by atoms with E-state index in [2.05, 4.69) is 9.97 Å². The number of hydrogen-bond acceptors (Lipinski definition) is 5. The Hall–Kier alpha value is -3.45. The Bertz CT molecular complexity index is 1240. The Balaban J connectivity index is 1.48. The lowest BCUT2D eigenvalue weighted by Gasteiger charge is -2.24. The minimum atomic E-state index is -0.252. The molecule has 1 saturated heterocycles. The first-order chi connectivity index (χ1) is 14.7. The molecule has 30 heavy (non-hydrogen) atoms. The van der Waals surface area contributed by atoms with Crippen LogP contribution in [0, 0.1) is 0 Å². The van der Waals surface area contributed by atoms with Gasteiger partial charge in [0.25, 0.3) is 11.5 Å². The second kappa shape index (κ2) is 7.76. The second-order valence-corrected chi connectivity index (χ2v) is 7.50. The van der Waals surface area contributed by atoms with Gasteiger partial charge in [0, 0.05) is 18.5 Å². The quantitative estimate of drug-likeness (QED) is 0.551. The number of amides is 1. The molecule has 7 nitrogen and oxygen atoms in total. The molecule has 0 unspecified atom stereocenters. The van der Waals surface area contributed by atoms with E-state index in [0.717, 1.165) is 18.2 Å². The minimum absolute atomic E-state index is 0.0366. The van der Waals surface area contributed by atoms with Crippen LogP contribution < -0.4 is 5.56 Å². The topological polar surface area (TPSA) is 88.4 Å². The number of aromatic amines is 1. The van der Waals surface area contributed by atoms with Crippen molar-refractivity contribution in [1.29, 1.82) is 0 Å². The van der Waals surface area contributed by atoms with Crippen LogP contribution in [-0.4, -0.2) is 40.0 Å². The van der Waals surface area contributed by atoms with Gasteiger partial charge in [0.2, 0.25) is 0 Å². The van der Waals surface area contributed by atoms with Crippen molar-refractivity contribution in [2.45, 2.75) is 25.5 Å².